The van der Waals surface area contributed by atoms with Crippen LogP contribution in [0.4, 0.5) is 5.69 Å². The van der Waals surface area contributed by atoms with Crippen LogP contribution in [0.5, 0.6) is 5.75 Å². The van der Waals surface area contributed by atoms with Crippen LogP contribution in [0.15, 0.2) is 57.8 Å². The third-order valence-electron chi connectivity index (χ3n) is 6.36. The molecule has 0 spiro atoms. The molecule has 0 bridgehead atoms. The molecule has 0 aromatic heterocycles. The zero-order valence-corrected chi connectivity index (χ0v) is 19.7. The first kappa shape index (κ1) is 22.4. The van der Waals surface area contributed by atoms with Gasteiger partial charge in [-0.05, 0) is 43.5 Å². The molecule has 1 saturated heterocycles. The number of amidine groups is 1. The molecule has 0 N–H and O–H groups in total. The quantitative estimate of drug-likeness (QED) is 0.662. The molecule has 3 heterocycles. The van der Waals surface area contributed by atoms with E-state index in [1.165, 1.54) is 11.0 Å². The first-order valence-electron chi connectivity index (χ1n) is 11.4. The van der Waals surface area contributed by atoms with Gasteiger partial charge in [0.1, 0.15) is 10.6 Å². The number of benzene rings is 2. The summed E-state index contributed by atoms with van der Waals surface area (Å²) in [5, 5.41) is 0. The van der Waals surface area contributed by atoms with Gasteiger partial charge in [-0.2, -0.15) is 8.42 Å². The van der Waals surface area contributed by atoms with E-state index in [0.29, 0.717) is 30.1 Å². The van der Waals surface area contributed by atoms with Crippen LogP contribution < -0.4 is 9.64 Å². The molecule has 0 saturated carbocycles. The molecule has 178 valence electrons. The molecule has 0 aliphatic carbocycles. The number of nitrogens with zero attached hydrogens (tertiary/aromatic N) is 4. The third kappa shape index (κ3) is 4.02. The summed E-state index contributed by atoms with van der Waals surface area (Å²) in [6.07, 6.45) is 2.26. The lowest BCUT2D eigenvalue weighted by atomic mass is 10.1. The number of likely N-dealkylation sites (N-methyl/N-ethyl adjacent to an activating group) is 1. The summed E-state index contributed by atoms with van der Waals surface area (Å²) in [4.78, 5) is 31.6. The number of likely N-dealkylation sites (tertiary alicyclic amines) is 1. The molecule has 3 aliphatic rings. The van der Waals surface area contributed by atoms with Crippen molar-refractivity contribution in [3.63, 3.8) is 0 Å². The monoisotopic (exact) mass is 482 g/mol. The highest BCUT2D eigenvalue weighted by Gasteiger charge is 2.37. The number of hydrogen-bond donors (Lipinski definition) is 0. The third-order valence-corrected chi connectivity index (χ3v) is 7.69. The number of anilines is 1. The van der Waals surface area contributed by atoms with E-state index < -0.39 is 16.1 Å². The van der Waals surface area contributed by atoms with Gasteiger partial charge < -0.3 is 19.4 Å². The first-order valence-corrected chi connectivity index (χ1v) is 12.8. The lowest BCUT2D eigenvalue weighted by Crippen LogP contribution is -2.54. The standard InChI is InChI=1S/C24H26N4O5S/c1-26(23-17-9-3-6-12-21(17)34(31,32)25-23)16-22(29)28-15-20(24(30)27-13-7-2-8-14-27)33-19-11-5-4-10-18(19)28/h3-6,9-12,20H,2,7-8,13-16H2,1H3/t20-/m0/s1. The lowest BCUT2D eigenvalue weighted by Gasteiger charge is -2.37. The minimum Gasteiger partial charge on any atom is -0.476 e. The fourth-order valence-corrected chi connectivity index (χ4v) is 5.90. The molecule has 10 heteroatoms. The van der Waals surface area contributed by atoms with Crippen molar-refractivity contribution in [3.05, 3.63) is 54.1 Å². The smallest absolute Gasteiger partial charge is 0.285 e. The lowest BCUT2D eigenvalue weighted by molar-refractivity contribution is -0.139. The van der Waals surface area contributed by atoms with E-state index in [2.05, 4.69) is 4.40 Å². The maximum atomic E-state index is 13.4. The number of carbonyl (C=O) groups excluding carboxylic acids is 2. The Kier molecular flexibility index (Phi) is 5.76. The number of carbonyl (C=O) groups is 2. The molecule has 2 amide bonds. The molecule has 1 fully saturated rings. The van der Waals surface area contributed by atoms with Crippen LogP contribution in [0.1, 0.15) is 24.8 Å². The van der Waals surface area contributed by atoms with E-state index in [0.717, 1.165) is 19.3 Å². The topological polar surface area (TPSA) is 99.6 Å². The van der Waals surface area contributed by atoms with Gasteiger partial charge in [0.05, 0.1) is 18.8 Å². The largest absolute Gasteiger partial charge is 0.476 e. The van der Waals surface area contributed by atoms with Crippen LogP contribution in [0.25, 0.3) is 0 Å². The summed E-state index contributed by atoms with van der Waals surface area (Å²) in [7, 11) is -2.15. The van der Waals surface area contributed by atoms with Crippen LogP contribution in [0.3, 0.4) is 0 Å². The SMILES string of the molecule is CN(CC(=O)N1C[C@@H](C(=O)N2CCCCC2)Oc2ccccc21)C1=NS(=O)(=O)c2ccccc21. The van der Waals surface area contributed by atoms with Crippen molar-refractivity contribution < 1.29 is 22.7 Å². The van der Waals surface area contributed by atoms with Crippen LogP contribution in [-0.2, 0) is 19.6 Å². The van der Waals surface area contributed by atoms with Gasteiger partial charge in [0.15, 0.2) is 11.9 Å². The number of piperidine rings is 1. The summed E-state index contributed by atoms with van der Waals surface area (Å²) < 4.78 is 34.7. The maximum absolute atomic E-state index is 13.4. The fourth-order valence-electron chi connectivity index (χ4n) is 4.64. The Morgan fingerprint density at radius 3 is 2.56 bits per heavy atom. The Morgan fingerprint density at radius 1 is 1.06 bits per heavy atom. The number of amides is 2. The number of rotatable bonds is 3. The van der Waals surface area contributed by atoms with Gasteiger partial charge in [-0.25, -0.2) is 0 Å². The van der Waals surface area contributed by atoms with Crippen molar-refractivity contribution in [2.75, 3.05) is 38.1 Å². The van der Waals surface area contributed by atoms with Crippen LogP contribution in [0, 0.1) is 0 Å². The van der Waals surface area contributed by atoms with Crippen molar-refractivity contribution >= 4 is 33.4 Å². The van der Waals surface area contributed by atoms with E-state index in [4.69, 9.17) is 4.74 Å². The highest BCUT2D eigenvalue weighted by Crippen LogP contribution is 2.34. The van der Waals surface area contributed by atoms with Crippen molar-refractivity contribution in [2.24, 2.45) is 4.40 Å². The summed E-state index contributed by atoms with van der Waals surface area (Å²) >= 11 is 0. The van der Waals surface area contributed by atoms with Gasteiger partial charge in [0.2, 0.25) is 5.91 Å². The van der Waals surface area contributed by atoms with E-state index in [1.807, 2.05) is 11.0 Å². The molecule has 0 unspecified atom stereocenters. The van der Waals surface area contributed by atoms with Gasteiger partial charge >= 0.3 is 0 Å². The van der Waals surface area contributed by atoms with Crippen molar-refractivity contribution in [1.29, 1.82) is 0 Å². The molecule has 34 heavy (non-hydrogen) atoms. The van der Waals surface area contributed by atoms with Gasteiger partial charge in [-0.3, -0.25) is 9.59 Å². The molecule has 3 aliphatic heterocycles. The van der Waals surface area contributed by atoms with Gasteiger partial charge in [0.25, 0.3) is 15.9 Å². The highest BCUT2D eigenvalue weighted by molar-refractivity contribution is 7.90. The number of hydrogen-bond acceptors (Lipinski definition) is 6. The molecular weight excluding hydrogens is 456 g/mol. The maximum Gasteiger partial charge on any atom is 0.285 e. The summed E-state index contributed by atoms with van der Waals surface area (Å²) in [5.74, 6) is 0.317. The van der Waals surface area contributed by atoms with E-state index >= 15 is 0 Å². The minimum absolute atomic E-state index is 0.0976. The zero-order valence-electron chi connectivity index (χ0n) is 18.9. The molecule has 1 atom stereocenters. The normalized spacial score (nSPS) is 20.6. The Bertz CT molecular complexity index is 1270. The van der Waals surface area contributed by atoms with Crippen LogP contribution >= 0.6 is 0 Å². The molecular formula is C24H26N4O5S. The fraction of sp³-hybridized carbons (Fsp3) is 0.375. The van der Waals surface area contributed by atoms with Crippen molar-refractivity contribution in [2.45, 2.75) is 30.3 Å². The Morgan fingerprint density at radius 2 is 1.76 bits per heavy atom. The van der Waals surface area contributed by atoms with Gasteiger partial charge in [-0.1, -0.05) is 24.3 Å². The van der Waals surface area contributed by atoms with Crippen molar-refractivity contribution in [1.82, 2.24) is 9.80 Å². The summed E-state index contributed by atoms with van der Waals surface area (Å²) in [5.41, 5.74) is 1.06. The summed E-state index contributed by atoms with van der Waals surface area (Å²) in [6.45, 7) is 1.39. The zero-order chi connectivity index (χ0) is 23.9. The second kappa shape index (κ2) is 8.75. The number of para-hydroxylation sites is 2. The van der Waals surface area contributed by atoms with Gasteiger partial charge in [-0.15, -0.1) is 4.40 Å². The van der Waals surface area contributed by atoms with Gasteiger partial charge in [0, 0.05) is 25.7 Å². The second-order valence-corrected chi connectivity index (χ2v) is 10.3. The number of ether oxygens (including phenoxy) is 1. The Labute approximate surface area is 198 Å². The van der Waals surface area contributed by atoms with E-state index in [1.54, 1.807) is 48.3 Å². The van der Waals surface area contributed by atoms with Crippen molar-refractivity contribution in [3.8, 4) is 5.75 Å². The Hall–Kier alpha value is -3.40. The summed E-state index contributed by atoms with van der Waals surface area (Å²) in [6, 6.07) is 13.7. The molecule has 2 aromatic rings. The van der Waals surface area contributed by atoms with E-state index in [-0.39, 0.29) is 35.6 Å². The average Bonchev–Trinajstić information content (AvgIpc) is 3.14. The number of fused-ring (bicyclic) bond motifs is 2. The first-order chi connectivity index (χ1) is 16.3. The second-order valence-electron chi connectivity index (χ2n) is 8.71. The number of sulfonamides is 1. The predicted molar refractivity (Wildman–Crippen MR) is 126 cm³/mol. The highest BCUT2D eigenvalue weighted by atomic mass is 32.2. The molecule has 5 rings (SSSR count). The average molecular weight is 483 g/mol. The van der Waals surface area contributed by atoms with Crippen LogP contribution in [-0.4, -0.2) is 75.2 Å². The predicted octanol–water partition coefficient (Wildman–Crippen LogP) is 1.87. The molecule has 9 nitrogen and oxygen atoms in total. The minimum atomic E-state index is -3.79. The van der Waals surface area contributed by atoms with E-state index in [9.17, 15) is 18.0 Å². The molecule has 2 aromatic carbocycles. The van der Waals surface area contributed by atoms with Crippen LogP contribution in [0.2, 0.25) is 0 Å². The Balaban J connectivity index is 1.38. The molecule has 0 radical (unpaired) electrons.